The second-order valence-corrected chi connectivity index (χ2v) is 15.6. The Kier molecular flexibility index (Phi) is 12.5. The van der Waals surface area contributed by atoms with Gasteiger partial charge in [-0.2, -0.15) is 13.2 Å². The first-order valence-electron chi connectivity index (χ1n) is 17.7. The number of carbonyl (C=O) groups excluding carboxylic acids is 2. The summed E-state index contributed by atoms with van der Waals surface area (Å²) >= 11 is 1.46. The number of thioether (sulfide) groups is 1. The lowest BCUT2D eigenvalue weighted by atomic mass is 10.0. The molecule has 1 saturated heterocycles. The highest BCUT2D eigenvalue weighted by Gasteiger charge is 2.35. The largest absolute Gasteiger partial charge is 0.494 e. The van der Waals surface area contributed by atoms with Gasteiger partial charge < -0.3 is 19.9 Å². The average molecular weight is 807 g/mol. The number of anilines is 2. The van der Waals surface area contributed by atoms with E-state index in [1.807, 2.05) is 46.9 Å². The van der Waals surface area contributed by atoms with E-state index in [9.17, 15) is 31.2 Å². The number of benzene rings is 5. The molecule has 0 aromatic heterocycles. The van der Waals surface area contributed by atoms with E-state index in [0.717, 1.165) is 17.0 Å². The number of hydrogen-bond donors (Lipinski definition) is 2. The number of sulfonamides is 1. The predicted molar refractivity (Wildman–Crippen MR) is 209 cm³/mol. The summed E-state index contributed by atoms with van der Waals surface area (Å²) in [5.74, 6) is -0.759. The van der Waals surface area contributed by atoms with Crippen molar-refractivity contribution in [2.75, 3.05) is 55.3 Å². The van der Waals surface area contributed by atoms with Crippen LogP contribution in [0.4, 0.5) is 28.9 Å². The molecule has 0 saturated carbocycles. The maximum Gasteiger partial charge on any atom is 0.418 e. The molecule has 1 aliphatic heterocycles. The van der Waals surface area contributed by atoms with Crippen LogP contribution in [0.25, 0.3) is 11.1 Å². The van der Waals surface area contributed by atoms with Gasteiger partial charge in [0, 0.05) is 71.4 Å². The molecule has 0 atom stereocenters. The number of carbonyl (C=O) groups is 2. The monoisotopic (exact) mass is 806 g/mol. The van der Waals surface area contributed by atoms with Crippen molar-refractivity contribution in [3.8, 4) is 16.9 Å². The number of ether oxygens (including phenoxy) is 1. The first kappa shape index (κ1) is 40.1. The molecule has 56 heavy (non-hydrogen) atoms. The van der Waals surface area contributed by atoms with Gasteiger partial charge in [-0.25, -0.2) is 17.5 Å². The number of hydrogen-bond acceptors (Lipinski definition) is 8. The zero-order valence-corrected chi connectivity index (χ0v) is 31.8. The molecule has 2 N–H and O–H groups in total. The minimum Gasteiger partial charge on any atom is -0.494 e. The molecule has 6 rings (SSSR count). The van der Waals surface area contributed by atoms with E-state index in [1.54, 1.807) is 53.4 Å². The van der Waals surface area contributed by atoms with Crippen molar-refractivity contribution < 1.29 is 40.3 Å². The van der Waals surface area contributed by atoms with Gasteiger partial charge in [-0.15, -0.1) is 11.8 Å². The SMILES string of the molecule is CCOc1cccc(-c2ccc(C(=O)N3CCN(c4ccc(C(=O)NS(=O)(=O)c5ccc(NCCSc6ccccc6)c(C(F)(F)F)c5)cc4)CC3)cc2F)c1. The number of halogens is 4. The number of amides is 2. The van der Waals surface area contributed by atoms with Crippen molar-refractivity contribution in [2.24, 2.45) is 0 Å². The Labute approximate surface area is 326 Å². The lowest BCUT2D eigenvalue weighted by molar-refractivity contribution is -0.137. The van der Waals surface area contributed by atoms with Crippen molar-refractivity contribution >= 4 is 45.0 Å². The Morgan fingerprint density at radius 2 is 1.54 bits per heavy atom. The summed E-state index contributed by atoms with van der Waals surface area (Å²) in [7, 11) is -4.67. The van der Waals surface area contributed by atoms with Crippen LogP contribution in [-0.4, -0.2) is 70.2 Å². The van der Waals surface area contributed by atoms with Gasteiger partial charge in [0.2, 0.25) is 0 Å². The summed E-state index contributed by atoms with van der Waals surface area (Å²) in [6, 6.07) is 29.5. The minimum absolute atomic E-state index is 0.0218. The third kappa shape index (κ3) is 9.81. The summed E-state index contributed by atoms with van der Waals surface area (Å²) in [6.07, 6.45) is -4.86. The molecule has 0 radical (unpaired) electrons. The smallest absolute Gasteiger partial charge is 0.418 e. The highest BCUT2D eigenvalue weighted by atomic mass is 32.2. The van der Waals surface area contributed by atoms with E-state index in [4.69, 9.17) is 4.74 Å². The molecular formula is C41H38F4N4O5S2. The zero-order valence-electron chi connectivity index (χ0n) is 30.2. The fourth-order valence-electron chi connectivity index (χ4n) is 6.17. The Morgan fingerprint density at radius 1 is 0.821 bits per heavy atom. The molecule has 1 aliphatic rings. The van der Waals surface area contributed by atoms with Gasteiger partial charge in [0.15, 0.2) is 0 Å². The molecule has 5 aromatic rings. The molecule has 0 aliphatic carbocycles. The molecular weight excluding hydrogens is 769 g/mol. The fraction of sp³-hybridized carbons (Fsp3) is 0.220. The zero-order chi connectivity index (χ0) is 39.9. The molecule has 9 nitrogen and oxygen atoms in total. The number of rotatable bonds is 13. The number of nitrogens with one attached hydrogen (secondary N) is 2. The van der Waals surface area contributed by atoms with E-state index in [2.05, 4.69) is 5.32 Å². The quantitative estimate of drug-likeness (QED) is 0.0697. The second-order valence-electron chi connectivity index (χ2n) is 12.7. The van der Waals surface area contributed by atoms with E-state index in [-0.39, 0.29) is 29.3 Å². The van der Waals surface area contributed by atoms with Crippen molar-refractivity contribution in [3.05, 3.63) is 138 Å². The lowest BCUT2D eigenvalue weighted by Crippen LogP contribution is -2.48. The first-order valence-corrected chi connectivity index (χ1v) is 20.2. The Balaban J connectivity index is 1.03. The van der Waals surface area contributed by atoms with Crippen molar-refractivity contribution in [3.63, 3.8) is 0 Å². The highest BCUT2D eigenvalue weighted by molar-refractivity contribution is 7.99. The van der Waals surface area contributed by atoms with Crippen molar-refractivity contribution in [1.82, 2.24) is 9.62 Å². The van der Waals surface area contributed by atoms with Gasteiger partial charge in [-0.05, 0) is 91.3 Å². The molecule has 1 fully saturated rings. The molecule has 0 spiro atoms. The Morgan fingerprint density at radius 3 is 2.21 bits per heavy atom. The van der Waals surface area contributed by atoms with E-state index in [0.29, 0.717) is 67.2 Å². The Bertz CT molecular complexity index is 2280. The van der Waals surface area contributed by atoms with Gasteiger partial charge in [-0.3, -0.25) is 9.59 Å². The van der Waals surface area contributed by atoms with Crippen LogP contribution in [0.15, 0.2) is 125 Å². The van der Waals surface area contributed by atoms with E-state index in [1.165, 1.54) is 30.0 Å². The maximum absolute atomic E-state index is 15.2. The van der Waals surface area contributed by atoms with Crippen LogP contribution in [0.3, 0.4) is 0 Å². The third-order valence-corrected chi connectivity index (χ3v) is 11.3. The summed E-state index contributed by atoms with van der Waals surface area (Å²) in [5, 5.41) is 2.73. The molecule has 1 heterocycles. The maximum atomic E-state index is 15.2. The number of piperazine rings is 1. The lowest BCUT2D eigenvalue weighted by Gasteiger charge is -2.36. The molecule has 15 heteroatoms. The third-order valence-electron chi connectivity index (χ3n) is 9.00. The minimum atomic E-state index is -4.86. The number of alkyl halides is 3. The second kappa shape index (κ2) is 17.5. The fourth-order valence-corrected chi connectivity index (χ4v) is 7.96. The van der Waals surface area contributed by atoms with Crippen molar-refractivity contribution in [2.45, 2.75) is 22.9 Å². The van der Waals surface area contributed by atoms with Crippen LogP contribution in [0.1, 0.15) is 33.2 Å². The summed E-state index contributed by atoms with van der Waals surface area (Å²) in [6.45, 7) is 4.11. The highest BCUT2D eigenvalue weighted by Crippen LogP contribution is 2.36. The van der Waals surface area contributed by atoms with Crippen LogP contribution in [0.5, 0.6) is 5.75 Å². The van der Waals surface area contributed by atoms with E-state index < -0.39 is 38.4 Å². The van der Waals surface area contributed by atoms with Crippen LogP contribution in [0.2, 0.25) is 0 Å². The van der Waals surface area contributed by atoms with Crippen LogP contribution < -0.4 is 19.7 Å². The summed E-state index contributed by atoms with van der Waals surface area (Å²) in [4.78, 5) is 30.1. The molecule has 292 valence electrons. The topological polar surface area (TPSA) is 108 Å². The van der Waals surface area contributed by atoms with Gasteiger partial charge in [0.1, 0.15) is 11.6 Å². The van der Waals surface area contributed by atoms with E-state index >= 15 is 4.39 Å². The summed E-state index contributed by atoms with van der Waals surface area (Å²) < 4.78 is 90.7. The molecule has 0 bridgehead atoms. The van der Waals surface area contributed by atoms with Crippen molar-refractivity contribution in [1.29, 1.82) is 0 Å². The normalized spacial score (nSPS) is 13.3. The van der Waals surface area contributed by atoms with Gasteiger partial charge in [-0.1, -0.05) is 36.4 Å². The first-order chi connectivity index (χ1) is 26.8. The molecule has 5 aromatic carbocycles. The number of nitrogens with zero attached hydrogens (tertiary/aromatic N) is 2. The summed E-state index contributed by atoms with van der Waals surface area (Å²) in [5.41, 5.74) is 0.447. The molecule has 2 amide bonds. The van der Waals surface area contributed by atoms with Crippen LogP contribution in [0, 0.1) is 5.82 Å². The van der Waals surface area contributed by atoms with Crippen LogP contribution >= 0.6 is 11.8 Å². The van der Waals surface area contributed by atoms with Gasteiger partial charge in [0.25, 0.3) is 21.8 Å². The Hall–Kier alpha value is -5.54. The standard InChI is InChI=1S/C41H38F4N4O5S2/c1-2-54-32-8-6-7-29(25-32)35-17-13-30(26-37(35)42)40(51)49-22-20-48(21-23-49)31-14-11-28(12-15-31)39(50)47-56(52,53)34-16-18-38(36(27-34)41(43,44)45)46-19-24-55-33-9-4-3-5-10-33/h3-18,25-27,46H,2,19-24H2,1H3,(H,47,50). The van der Waals surface area contributed by atoms with Crippen LogP contribution in [-0.2, 0) is 16.2 Å². The predicted octanol–water partition coefficient (Wildman–Crippen LogP) is 8.20. The average Bonchev–Trinajstić information content (AvgIpc) is 3.19. The van der Waals surface area contributed by atoms with Gasteiger partial charge in [0.05, 0.1) is 17.1 Å². The van der Waals surface area contributed by atoms with Gasteiger partial charge >= 0.3 is 6.18 Å². The molecule has 0 unspecified atom stereocenters.